The van der Waals surface area contributed by atoms with Gasteiger partial charge in [0.25, 0.3) is 5.69 Å². The topological polar surface area (TPSA) is 71.7 Å². The van der Waals surface area contributed by atoms with Crippen LogP contribution in [-0.4, -0.2) is 54.1 Å². The van der Waals surface area contributed by atoms with Crippen molar-refractivity contribution in [2.75, 3.05) is 44.2 Å². The van der Waals surface area contributed by atoms with E-state index in [0.717, 1.165) is 38.5 Å². The van der Waals surface area contributed by atoms with Crippen LogP contribution in [0.1, 0.15) is 0 Å². The smallest absolute Gasteiger partial charge is 0.287 e. The maximum absolute atomic E-state index is 10.7. The van der Waals surface area contributed by atoms with Crippen molar-refractivity contribution in [2.24, 2.45) is 0 Å². The van der Waals surface area contributed by atoms with E-state index in [4.69, 9.17) is 16.3 Å². The van der Waals surface area contributed by atoms with E-state index in [-0.39, 0.29) is 5.69 Å². The van der Waals surface area contributed by atoms with Gasteiger partial charge in [0.05, 0.1) is 9.95 Å². The highest BCUT2D eigenvalue weighted by atomic mass is 35.5. The van der Waals surface area contributed by atoms with Crippen molar-refractivity contribution in [2.45, 2.75) is 0 Å². The number of rotatable bonds is 6. The minimum Gasteiger partial charge on any atom is -0.491 e. The van der Waals surface area contributed by atoms with Crippen molar-refractivity contribution in [1.29, 1.82) is 0 Å². The van der Waals surface area contributed by atoms with Gasteiger partial charge in [-0.15, -0.1) is 0 Å². The Morgan fingerprint density at radius 3 is 2.56 bits per heavy atom. The number of nitro groups is 1. The summed E-state index contributed by atoms with van der Waals surface area (Å²) in [5, 5.41) is 11.3. The van der Waals surface area contributed by atoms with Gasteiger partial charge < -0.3 is 9.64 Å². The molecule has 0 unspecified atom stereocenters. The summed E-state index contributed by atoms with van der Waals surface area (Å²) in [7, 11) is 0. The Bertz CT molecular complexity index is 718. The fourth-order valence-electron chi connectivity index (χ4n) is 2.72. The molecule has 0 N–H and O–H groups in total. The van der Waals surface area contributed by atoms with Crippen LogP contribution in [-0.2, 0) is 0 Å². The maximum atomic E-state index is 10.7. The fourth-order valence-corrected chi connectivity index (χ4v) is 2.91. The minimum atomic E-state index is -0.437. The summed E-state index contributed by atoms with van der Waals surface area (Å²) in [5.41, 5.74) is 0.0131. The van der Waals surface area contributed by atoms with E-state index >= 15 is 0 Å². The molecule has 0 amide bonds. The first kappa shape index (κ1) is 17.4. The molecule has 8 heteroatoms. The van der Waals surface area contributed by atoms with E-state index in [1.807, 2.05) is 24.3 Å². The molecule has 0 saturated carbocycles. The molecule has 1 aliphatic rings. The zero-order valence-electron chi connectivity index (χ0n) is 13.7. The second-order valence-corrected chi connectivity index (χ2v) is 6.15. The molecule has 0 bridgehead atoms. The standard InChI is InChI=1S/C17H19ClN4O3/c18-15-3-1-2-4-16(15)25-12-11-20-7-9-21(10-8-20)17-6-5-14(13-19-17)22(23)24/h1-6,13H,7-12H2. The lowest BCUT2D eigenvalue weighted by Crippen LogP contribution is -2.47. The van der Waals surface area contributed by atoms with Gasteiger partial charge in [-0.1, -0.05) is 23.7 Å². The summed E-state index contributed by atoms with van der Waals surface area (Å²) in [4.78, 5) is 18.9. The molecule has 0 radical (unpaired) electrons. The number of halogens is 1. The first-order chi connectivity index (χ1) is 12.1. The van der Waals surface area contributed by atoms with Gasteiger partial charge in [-0.3, -0.25) is 15.0 Å². The number of hydrogen-bond acceptors (Lipinski definition) is 6. The van der Waals surface area contributed by atoms with Crippen LogP contribution in [0.15, 0.2) is 42.6 Å². The van der Waals surface area contributed by atoms with Gasteiger partial charge >= 0.3 is 0 Å². The monoisotopic (exact) mass is 362 g/mol. The molecule has 7 nitrogen and oxygen atoms in total. The first-order valence-electron chi connectivity index (χ1n) is 8.08. The lowest BCUT2D eigenvalue weighted by molar-refractivity contribution is -0.385. The molecule has 1 saturated heterocycles. The van der Waals surface area contributed by atoms with Crippen LogP contribution in [0.25, 0.3) is 0 Å². The SMILES string of the molecule is O=[N+]([O-])c1ccc(N2CCN(CCOc3ccccc3Cl)CC2)nc1. The Kier molecular flexibility index (Phi) is 5.67. The summed E-state index contributed by atoms with van der Waals surface area (Å²) < 4.78 is 5.72. The number of aromatic nitrogens is 1. The summed E-state index contributed by atoms with van der Waals surface area (Å²) in [5.74, 6) is 1.48. The molecule has 0 spiro atoms. The molecule has 2 aromatic rings. The Morgan fingerprint density at radius 1 is 1.16 bits per heavy atom. The van der Waals surface area contributed by atoms with E-state index in [1.165, 1.54) is 12.3 Å². The predicted molar refractivity (Wildman–Crippen MR) is 96.5 cm³/mol. The van der Waals surface area contributed by atoms with Crippen LogP contribution in [0.3, 0.4) is 0 Å². The Balaban J connectivity index is 1.44. The third kappa shape index (κ3) is 4.58. The van der Waals surface area contributed by atoms with Crippen LogP contribution >= 0.6 is 11.6 Å². The molecule has 1 aliphatic heterocycles. The van der Waals surface area contributed by atoms with E-state index in [2.05, 4.69) is 14.8 Å². The molecule has 2 heterocycles. The van der Waals surface area contributed by atoms with Crippen LogP contribution in [0, 0.1) is 10.1 Å². The predicted octanol–water partition coefficient (Wildman–Crippen LogP) is 2.84. The van der Waals surface area contributed by atoms with Crippen molar-refractivity contribution < 1.29 is 9.66 Å². The highest BCUT2D eigenvalue weighted by Gasteiger charge is 2.18. The molecule has 3 rings (SSSR count). The van der Waals surface area contributed by atoms with Crippen LogP contribution in [0.5, 0.6) is 5.75 Å². The first-order valence-corrected chi connectivity index (χ1v) is 8.46. The largest absolute Gasteiger partial charge is 0.491 e. The maximum Gasteiger partial charge on any atom is 0.287 e. The van der Waals surface area contributed by atoms with Crippen molar-refractivity contribution in [3.63, 3.8) is 0 Å². The number of para-hydroxylation sites is 1. The highest BCUT2D eigenvalue weighted by Crippen LogP contribution is 2.23. The second-order valence-electron chi connectivity index (χ2n) is 5.74. The number of nitrogens with zero attached hydrogens (tertiary/aromatic N) is 4. The minimum absolute atomic E-state index is 0.0131. The third-order valence-corrected chi connectivity index (χ3v) is 4.45. The molecular formula is C17H19ClN4O3. The van der Waals surface area contributed by atoms with Crippen molar-refractivity contribution in [3.8, 4) is 5.75 Å². The lowest BCUT2D eigenvalue weighted by Gasteiger charge is -2.35. The van der Waals surface area contributed by atoms with E-state index in [1.54, 1.807) is 6.07 Å². The van der Waals surface area contributed by atoms with E-state index < -0.39 is 4.92 Å². The van der Waals surface area contributed by atoms with Crippen LogP contribution < -0.4 is 9.64 Å². The molecule has 1 fully saturated rings. The molecular weight excluding hydrogens is 344 g/mol. The van der Waals surface area contributed by atoms with Gasteiger partial charge in [0.15, 0.2) is 0 Å². The Morgan fingerprint density at radius 2 is 1.92 bits per heavy atom. The number of benzene rings is 1. The zero-order chi connectivity index (χ0) is 17.6. The average molecular weight is 363 g/mol. The summed E-state index contributed by atoms with van der Waals surface area (Å²) >= 11 is 6.07. The molecule has 0 aliphatic carbocycles. The fraction of sp³-hybridized carbons (Fsp3) is 0.353. The summed E-state index contributed by atoms with van der Waals surface area (Å²) in [6.45, 7) is 4.86. The Hall–Kier alpha value is -2.38. The molecule has 0 atom stereocenters. The molecule has 1 aromatic heterocycles. The van der Waals surface area contributed by atoms with Crippen molar-refractivity contribution in [3.05, 3.63) is 57.7 Å². The number of pyridine rings is 1. The van der Waals surface area contributed by atoms with Crippen LogP contribution in [0.4, 0.5) is 11.5 Å². The molecule has 132 valence electrons. The Labute approximate surface area is 150 Å². The quantitative estimate of drug-likeness (QED) is 0.581. The van der Waals surface area contributed by atoms with E-state index in [0.29, 0.717) is 17.4 Å². The second kappa shape index (κ2) is 8.13. The molecule has 1 aromatic carbocycles. The van der Waals surface area contributed by atoms with Gasteiger partial charge in [-0.05, 0) is 18.2 Å². The lowest BCUT2D eigenvalue weighted by atomic mass is 10.3. The number of piperazine rings is 1. The highest BCUT2D eigenvalue weighted by molar-refractivity contribution is 6.32. The van der Waals surface area contributed by atoms with Gasteiger partial charge in [-0.2, -0.15) is 0 Å². The van der Waals surface area contributed by atoms with Gasteiger partial charge in [0.2, 0.25) is 0 Å². The zero-order valence-corrected chi connectivity index (χ0v) is 14.4. The number of anilines is 1. The van der Waals surface area contributed by atoms with Gasteiger partial charge in [0.1, 0.15) is 24.4 Å². The van der Waals surface area contributed by atoms with Crippen molar-refractivity contribution >= 4 is 23.1 Å². The third-order valence-electron chi connectivity index (χ3n) is 4.14. The summed E-state index contributed by atoms with van der Waals surface area (Å²) in [6, 6.07) is 10.6. The number of hydrogen-bond donors (Lipinski definition) is 0. The summed E-state index contributed by atoms with van der Waals surface area (Å²) in [6.07, 6.45) is 1.30. The normalized spacial score (nSPS) is 15.2. The average Bonchev–Trinajstić information content (AvgIpc) is 2.64. The number of ether oxygens (including phenoxy) is 1. The van der Waals surface area contributed by atoms with Gasteiger partial charge in [-0.25, -0.2) is 4.98 Å². The van der Waals surface area contributed by atoms with Gasteiger partial charge in [0, 0.05) is 38.8 Å². The molecule has 25 heavy (non-hydrogen) atoms. The van der Waals surface area contributed by atoms with E-state index in [9.17, 15) is 10.1 Å². The van der Waals surface area contributed by atoms with Crippen LogP contribution in [0.2, 0.25) is 5.02 Å². The van der Waals surface area contributed by atoms with Crippen molar-refractivity contribution in [1.82, 2.24) is 9.88 Å².